The molecule has 1 amide bonds. The molecule has 0 heterocycles. The van der Waals surface area contributed by atoms with E-state index in [0.29, 0.717) is 49.4 Å². The van der Waals surface area contributed by atoms with E-state index in [1.165, 1.54) is 18.6 Å². The molecule has 0 saturated heterocycles. The maximum atomic E-state index is 12.4. The number of carbonyl (C=O) groups excluding carboxylic acids is 1. The molecule has 1 fully saturated rings. The number of nitrogens with two attached hydrogens (primary N) is 1. The summed E-state index contributed by atoms with van der Waals surface area (Å²) in [6.07, 6.45) is 6.06. The Bertz CT molecular complexity index is 759. The predicted molar refractivity (Wildman–Crippen MR) is 106 cm³/mol. The van der Waals surface area contributed by atoms with Gasteiger partial charge in [-0.1, -0.05) is 6.42 Å². The van der Waals surface area contributed by atoms with Crippen LogP contribution in [0.4, 0.5) is 4.39 Å². The van der Waals surface area contributed by atoms with Gasteiger partial charge in [0.25, 0.3) is 0 Å². The van der Waals surface area contributed by atoms with Gasteiger partial charge >= 0.3 is 0 Å². The van der Waals surface area contributed by atoms with Gasteiger partial charge in [0.2, 0.25) is 5.91 Å². The molecule has 1 aliphatic rings. The van der Waals surface area contributed by atoms with Crippen LogP contribution in [0.1, 0.15) is 44.9 Å². The van der Waals surface area contributed by atoms with Crippen molar-refractivity contribution in [1.29, 1.82) is 0 Å². The molecule has 1 saturated carbocycles. The third-order valence-electron chi connectivity index (χ3n) is 4.81. The summed E-state index contributed by atoms with van der Waals surface area (Å²) in [6.45, 7) is 0.0820. The number of nitrogens with one attached hydrogen (secondary N) is 1. The lowest BCUT2D eigenvalue weighted by Gasteiger charge is -2.26. The maximum absolute atomic E-state index is 12.4. The number of halogens is 1. The van der Waals surface area contributed by atoms with E-state index in [2.05, 4.69) is 5.32 Å². The van der Waals surface area contributed by atoms with Crippen LogP contribution in [0.2, 0.25) is 0 Å². The molecule has 1 aromatic rings. The highest BCUT2D eigenvalue weighted by Crippen LogP contribution is 2.20. The smallest absolute Gasteiger partial charge is 0.220 e. The van der Waals surface area contributed by atoms with E-state index < -0.39 is 9.84 Å². The van der Waals surface area contributed by atoms with Crippen molar-refractivity contribution >= 4 is 15.7 Å². The quantitative estimate of drug-likeness (QED) is 0.515. The largest absolute Gasteiger partial charge is 0.489 e. The fraction of sp³-hybridized carbons (Fsp3) is 0.550. The Balaban J connectivity index is 1.70. The van der Waals surface area contributed by atoms with Crippen LogP contribution in [-0.4, -0.2) is 39.3 Å². The Labute approximate surface area is 166 Å². The van der Waals surface area contributed by atoms with Gasteiger partial charge in [-0.3, -0.25) is 4.79 Å². The zero-order chi connectivity index (χ0) is 20.4. The molecule has 0 unspecified atom stereocenters. The summed E-state index contributed by atoms with van der Waals surface area (Å²) >= 11 is 0. The van der Waals surface area contributed by atoms with E-state index in [-0.39, 0.29) is 29.7 Å². The van der Waals surface area contributed by atoms with Crippen LogP contribution in [0.3, 0.4) is 0 Å². The van der Waals surface area contributed by atoms with Gasteiger partial charge in [-0.15, -0.1) is 0 Å². The minimum absolute atomic E-state index is 0.0213. The average Bonchev–Trinajstić information content (AvgIpc) is 2.65. The second-order valence-corrected chi connectivity index (χ2v) is 9.17. The Kier molecular flexibility index (Phi) is 8.92. The number of rotatable bonds is 12. The lowest BCUT2D eigenvalue weighted by Crippen LogP contribution is -2.39. The highest BCUT2D eigenvalue weighted by molar-refractivity contribution is 7.91. The first-order valence-electron chi connectivity index (χ1n) is 9.68. The van der Waals surface area contributed by atoms with Crippen LogP contribution in [0.25, 0.3) is 0 Å². The summed E-state index contributed by atoms with van der Waals surface area (Å²) in [5, 5.41) is 2.98. The van der Waals surface area contributed by atoms with Gasteiger partial charge in [0.05, 0.1) is 17.0 Å². The number of sulfone groups is 1. The van der Waals surface area contributed by atoms with Crippen molar-refractivity contribution in [2.75, 3.05) is 18.9 Å². The Morgan fingerprint density at radius 2 is 1.93 bits per heavy atom. The SMILES string of the molecule is NC/C(=C\F)COc1ccc(S(=O)(=O)CCCCCC(=O)NC2CCC2)cc1. The molecule has 1 aliphatic carbocycles. The molecule has 8 heteroatoms. The van der Waals surface area contributed by atoms with Crippen molar-refractivity contribution in [3.63, 3.8) is 0 Å². The van der Waals surface area contributed by atoms with Crippen LogP contribution >= 0.6 is 0 Å². The topological polar surface area (TPSA) is 98.5 Å². The number of benzene rings is 1. The Hall–Kier alpha value is -1.93. The summed E-state index contributed by atoms with van der Waals surface area (Å²) in [4.78, 5) is 11.9. The molecule has 0 spiro atoms. The average molecular weight is 413 g/mol. The van der Waals surface area contributed by atoms with Crippen molar-refractivity contribution in [3.05, 3.63) is 36.2 Å². The van der Waals surface area contributed by atoms with Crippen molar-refractivity contribution in [3.8, 4) is 5.75 Å². The molecule has 2 rings (SSSR count). The van der Waals surface area contributed by atoms with E-state index in [1.807, 2.05) is 0 Å². The molecule has 0 atom stereocenters. The van der Waals surface area contributed by atoms with Crippen LogP contribution < -0.4 is 15.8 Å². The Morgan fingerprint density at radius 1 is 1.21 bits per heavy atom. The molecule has 0 bridgehead atoms. The maximum Gasteiger partial charge on any atom is 0.220 e. The summed E-state index contributed by atoms with van der Waals surface area (Å²) in [5.74, 6) is 0.548. The molecule has 0 aromatic heterocycles. The lowest BCUT2D eigenvalue weighted by atomic mass is 9.93. The van der Waals surface area contributed by atoms with Gasteiger partial charge in [-0.2, -0.15) is 0 Å². The molecule has 0 radical (unpaired) electrons. The van der Waals surface area contributed by atoms with Crippen molar-refractivity contribution in [2.45, 2.75) is 55.9 Å². The minimum atomic E-state index is -3.38. The van der Waals surface area contributed by atoms with Gasteiger partial charge in [0, 0.05) is 24.6 Å². The highest BCUT2D eigenvalue weighted by atomic mass is 32.2. The summed E-state index contributed by atoms with van der Waals surface area (Å²) in [6, 6.07) is 6.40. The third kappa shape index (κ3) is 7.24. The van der Waals surface area contributed by atoms with Gasteiger partial charge in [0.15, 0.2) is 9.84 Å². The summed E-state index contributed by atoms with van der Waals surface area (Å²) in [5.41, 5.74) is 5.67. The molecule has 28 heavy (non-hydrogen) atoms. The first-order valence-corrected chi connectivity index (χ1v) is 11.3. The van der Waals surface area contributed by atoms with Gasteiger partial charge in [0.1, 0.15) is 12.4 Å². The standard InChI is InChI=1S/C20H29FN2O4S/c21-13-16(14-22)15-27-18-8-10-19(11-9-18)28(25,26)12-3-1-2-7-20(24)23-17-5-4-6-17/h8-11,13,17H,1-7,12,14-15,22H2,(H,23,24)/b16-13+. The van der Waals surface area contributed by atoms with Gasteiger partial charge in [-0.05, 0) is 56.4 Å². The number of hydrogen-bond acceptors (Lipinski definition) is 5. The molecule has 3 N–H and O–H groups in total. The molecular formula is C20H29FN2O4S. The van der Waals surface area contributed by atoms with Gasteiger partial charge < -0.3 is 15.8 Å². The monoisotopic (exact) mass is 412 g/mol. The molecule has 0 aliphatic heterocycles. The fourth-order valence-corrected chi connectivity index (χ4v) is 4.15. The Morgan fingerprint density at radius 3 is 2.50 bits per heavy atom. The molecule has 1 aromatic carbocycles. The number of hydrogen-bond donors (Lipinski definition) is 2. The van der Waals surface area contributed by atoms with Crippen LogP contribution in [0.5, 0.6) is 5.75 Å². The second-order valence-electron chi connectivity index (χ2n) is 7.06. The van der Waals surface area contributed by atoms with E-state index in [4.69, 9.17) is 10.5 Å². The van der Waals surface area contributed by atoms with E-state index in [0.717, 1.165) is 12.8 Å². The van der Waals surface area contributed by atoms with Gasteiger partial charge in [-0.25, -0.2) is 12.8 Å². The van der Waals surface area contributed by atoms with E-state index in [9.17, 15) is 17.6 Å². The second kappa shape index (κ2) is 11.2. The summed E-state index contributed by atoms with van der Waals surface area (Å²) < 4.78 is 42.6. The minimum Gasteiger partial charge on any atom is -0.489 e. The van der Waals surface area contributed by atoms with E-state index >= 15 is 0 Å². The highest BCUT2D eigenvalue weighted by Gasteiger charge is 2.19. The van der Waals surface area contributed by atoms with Crippen molar-refractivity contribution in [1.82, 2.24) is 5.32 Å². The predicted octanol–water partition coefficient (Wildman–Crippen LogP) is 2.88. The number of unbranched alkanes of at least 4 members (excludes halogenated alkanes) is 2. The van der Waals surface area contributed by atoms with Crippen molar-refractivity contribution in [2.24, 2.45) is 5.73 Å². The number of carbonyl (C=O) groups is 1. The lowest BCUT2D eigenvalue weighted by molar-refractivity contribution is -0.122. The zero-order valence-corrected chi connectivity index (χ0v) is 16.8. The van der Waals surface area contributed by atoms with Crippen LogP contribution in [0.15, 0.2) is 41.1 Å². The van der Waals surface area contributed by atoms with Crippen molar-refractivity contribution < 1.29 is 22.3 Å². The third-order valence-corrected chi connectivity index (χ3v) is 6.63. The zero-order valence-electron chi connectivity index (χ0n) is 16.0. The number of ether oxygens (including phenoxy) is 1. The van der Waals surface area contributed by atoms with Crippen LogP contribution in [0, 0.1) is 0 Å². The number of amides is 1. The van der Waals surface area contributed by atoms with Crippen LogP contribution in [-0.2, 0) is 14.6 Å². The molecular weight excluding hydrogens is 383 g/mol. The first kappa shape index (κ1) is 22.4. The fourth-order valence-electron chi connectivity index (χ4n) is 2.78. The normalized spacial score (nSPS) is 15.1. The molecule has 6 nitrogen and oxygen atoms in total. The first-order chi connectivity index (χ1) is 13.4. The summed E-state index contributed by atoms with van der Waals surface area (Å²) in [7, 11) is -3.38. The molecule has 156 valence electrons. The van der Waals surface area contributed by atoms with E-state index in [1.54, 1.807) is 12.1 Å².